The molecule has 1 fully saturated rings. The van der Waals surface area contributed by atoms with E-state index >= 15 is 0 Å². The highest BCUT2D eigenvalue weighted by atomic mass is 35.5. The molecule has 0 bridgehead atoms. The molecule has 0 aliphatic carbocycles. The minimum atomic E-state index is -4.45. The molecule has 5 nitrogen and oxygen atoms in total. The van der Waals surface area contributed by atoms with Crippen molar-refractivity contribution in [3.05, 3.63) is 35.4 Å². The molecule has 1 aliphatic heterocycles. The standard InChI is InChI=1S/C17H22F3N3O2.ClH/c1-11(13-7-22-8-13)16(25)23(10-15(24)21-2)9-12-4-3-5-14(6-12)17(18,19)20;/h3-6,11,13,22H,7-10H2,1-2H3,(H,21,24);1H. The third kappa shape index (κ3) is 5.60. The molecule has 2 rings (SSSR count). The van der Waals surface area contributed by atoms with Crippen molar-refractivity contribution in [1.29, 1.82) is 0 Å². The molecular weight excluding hydrogens is 371 g/mol. The zero-order valence-electron chi connectivity index (χ0n) is 14.6. The van der Waals surface area contributed by atoms with Gasteiger partial charge in [-0.15, -0.1) is 12.4 Å². The molecule has 1 aromatic carbocycles. The van der Waals surface area contributed by atoms with Gasteiger partial charge in [-0.2, -0.15) is 13.2 Å². The molecule has 0 saturated carbocycles. The second kappa shape index (κ2) is 9.23. The monoisotopic (exact) mass is 393 g/mol. The van der Waals surface area contributed by atoms with Crippen LogP contribution >= 0.6 is 12.4 Å². The highest BCUT2D eigenvalue weighted by Crippen LogP contribution is 2.30. The summed E-state index contributed by atoms with van der Waals surface area (Å²) < 4.78 is 38.6. The number of carbonyl (C=O) groups is 2. The van der Waals surface area contributed by atoms with Crippen molar-refractivity contribution in [2.24, 2.45) is 11.8 Å². The van der Waals surface area contributed by atoms with Crippen molar-refractivity contribution in [2.45, 2.75) is 19.6 Å². The van der Waals surface area contributed by atoms with E-state index in [4.69, 9.17) is 0 Å². The average molecular weight is 394 g/mol. The fraction of sp³-hybridized carbons (Fsp3) is 0.529. The van der Waals surface area contributed by atoms with E-state index in [1.807, 2.05) is 0 Å². The number of likely N-dealkylation sites (N-methyl/N-ethyl adjacent to an activating group) is 1. The predicted molar refractivity (Wildman–Crippen MR) is 93.7 cm³/mol. The van der Waals surface area contributed by atoms with Crippen LogP contribution in [0.25, 0.3) is 0 Å². The molecule has 9 heteroatoms. The lowest BCUT2D eigenvalue weighted by Crippen LogP contribution is -2.51. The first-order valence-corrected chi connectivity index (χ1v) is 8.08. The van der Waals surface area contributed by atoms with Crippen molar-refractivity contribution < 1.29 is 22.8 Å². The summed E-state index contributed by atoms with van der Waals surface area (Å²) in [6.07, 6.45) is -4.45. The molecule has 1 atom stereocenters. The normalized spacial score (nSPS) is 15.4. The minimum Gasteiger partial charge on any atom is -0.358 e. The zero-order valence-corrected chi connectivity index (χ0v) is 15.4. The zero-order chi connectivity index (χ0) is 18.6. The Morgan fingerprint density at radius 1 is 1.35 bits per heavy atom. The van der Waals surface area contributed by atoms with Gasteiger partial charge in [0.25, 0.3) is 0 Å². The van der Waals surface area contributed by atoms with Crippen molar-refractivity contribution in [3.8, 4) is 0 Å². The van der Waals surface area contributed by atoms with E-state index < -0.39 is 11.7 Å². The number of rotatable bonds is 6. The second-order valence-electron chi connectivity index (χ2n) is 6.27. The van der Waals surface area contributed by atoms with Gasteiger partial charge in [0.2, 0.25) is 11.8 Å². The second-order valence-corrected chi connectivity index (χ2v) is 6.27. The minimum absolute atomic E-state index is 0. The summed E-state index contributed by atoms with van der Waals surface area (Å²) in [5.41, 5.74) is -0.431. The summed E-state index contributed by atoms with van der Waals surface area (Å²) in [4.78, 5) is 25.7. The molecule has 146 valence electrons. The molecule has 1 saturated heterocycles. The van der Waals surface area contributed by atoms with Gasteiger partial charge in [-0.05, 0) is 36.7 Å². The van der Waals surface area contributed by atoms with Crippen LogP contribution in [0.5, 0.6) is 0 Å². The molecule has 1 aliphatic rings. The Morgan fingerprint density at radius 2 is 2.00 bits per heavy atom. The molecule has 1 aromatic rings. The molecule has 2 amide bonds. The molecule has 1 heterocycles. The van der Waals surface area contributed by atoms with Gasteiger partial charge in [0, 0.05) is 19.5 Å². The number of halogens is 4. The Balaban J connectivity index is 0.00000338. The number of hydrogen-bond acceptors (Lipinski definition) is 3. The van der Waals surface area contributed by atoms with Gasteiger partial charge in [-0.25, -0.2) is 0 Å². The van der Waals surface area contributed by atoms with Crippen LogP contribution in [0, 0.1) is 11.8 Å². The van der Waals surface area contributed by atoms with Crippen LogP contribution in [0.3, 0.4) is 0 Å². The van der Waals surface area contributed by atoms with Gasteiger partial charge in [0.05, 0.1) is 12.1 Å². The summed E-state index contributed by atoms with van der Waals surface area (Å²) in [6.45, 7) is 3.02. The fourth-order valence-corrected chi connectivity index (χ4v) is 2.68. The van der Waals surface area contributed by atoms with E-state index in [-0.39, 0.29) is 49.1 Å². The Morgan fingerprint density at radius 3 is 2.50 bits per heavy atom. The molecule has 0 spiro atoms. The van der Waals surface area contributed by atoms with Crippen LogP contribution in [0.4, 0.5) is 13.2 Å². The van der Waals surface area contributed by atoms with Crippen LogP contribution in [-0.4, -0.2) is 43.4 Å². The first-order valence-electron chi connectivity index (χ1n) is 8.08. The molecule has 2 N–H and O–H groups in total. The SMILES string of the molecule is CNC(=O)CN(Cc1cccc(C(F)(F)F)c1)C(=O)C(C)C1CNC1.Cl. The van der Waals surface area contributed by atoms with Gasteiger partial charge in [-0.1, -0.05) is 19.1 Å². The summed E-state index contributed by atoms with van der Waals surface area (Å²) in [5, 5.41) is 5.53. The fourth-order valence-electron chi connectivity index (χ4n) is 2.68. The molecule has 0 radical (unpaired) electrons. The lowest BCUT2D eigenvalue weighted by atomic mass is 9.88. The lowest BCUT2D eigenvalue weighted by molar-refractivity contribution is -0.141. The summed E-state index contributed by atoms with van der Waals surface area (Å²) in [5.74, 6) is -0.704. The number of carbonyl (C=O) groups excluding carboxylic acids is 2. The molecule has 1 unspecified atom stereocenters. The topological polar surface area (TPSA) is 61.4 Å². The van der Waals surface area contributed by atoms with Crippen LogP contribution in [0.1, 0.15) is 18.1 Å². The number of hydrogen-bond donors (Lipinski definition) is 2. The van der Waals surface area contributed by atoms with Gasteiger partial charge in [0.15, 0.2) is 0 Å². The van der Waals surface area contributed by atoms with Crippen molar-refractivity contribution in [3.63, 3.8) is 0 Å². The number of benzene rings is 1. The number of nitrogens with one attached hydrogen (secondary N) is 2. The van der Waals surface area contributed by atoms with E-state index in [1.54, 1.807) is 6.92 Å². The smallest absolute Gasteiger partial charge is 0.358 e. The Labute approximate surface area is 156 Å². The molecule has 26 heavy (non-hydrogen) atoms. The van der Waals surface area contributed by atoms with Crippen LogP contribution in [0.15, 0.2) is 24.3 Å². The maximum absolute atomic E-state index is 12.9. The first-order chi connectivity index (χ1) is 11.7. The van der Waals surface area contributed by atoms with E-state index in [2.05, 4.69) is 10.6 Å². The Hall–Kier alpha value is -1.80. The first kappa shape index (κ1) is 22.2. The number of alkyl halides is 3. The van der Waals surface area contributed by atoms with Crippen LogP contribution in [0.2, 0.25) is 0 Å². The van der Waals surface area contributed by atoms with E-state index in [1.165, 1.54) is 24.1 Å². The average Bonchev–Trinajstić information content (AvgIpc) is 2.51. The van der Waals surface area contributed by atoms with Gasteiger partial charge < -0.3 is 15.5 Å². The van der Waals surface area contributed by atoms with Gasteiger partial charge >= 0.3 is 6.18 Å². The van der Waals surface area contributed by atoms with Crippen molar-refractivity contribution in [1.82, 2.24) is 15.5 Å². The highest BCUT2D eigenvalue weighted by Gasteiger charge is 2.33. The van der Waals surface area contributed by atoms with Crippen molar-refractivity contribution >= 4 is 24.2 Å². The maximum atomic E-state index is 12.9. The van der Waals surface area contributed by atoms with Crippen LogP contribution in [-0.2, 0) is 22.3 Å². The lowest BCUT2D eigenvalue weighted by Gasteiger charge is -2.35. The summed E-state index contributed by atoms with van der Waals surface area (Å²) in [7, 11) is 1.45. The van der Waals surface area contributed by atoms with E-state index in [0.29, 0.717) is 5.56 Å². The Bertz CT molecular complexity index is 636. The van der Waals surface area contributed by atoms with E-state index in [9.17, 15) is 22.8 Å². The summed E-state index contributed by atoms with van der Waals surface area (Å²) >= 11 is 0. The van der Waals surface area contributed by atoms with Gasteiger partial charge in [0.1, 0.15) is 0 Å². The largest absolute Gasteiger partial charge is 0.416 e. The Kier molecular flexibility index (Phi) is 7.89. The third-order valence-corrected chi connectivity index (χ3v) is 4.46. The molecular formula is C17H23ClF3N3O2. The maximum Gasteiger partial charge on any atom is 0.416 e. The summed E-state index contributed by atoms with van der Waals surface area (Å²) in [6, 6.07) is 4.83. The molecule has 0 aromatic heterocycles. The van der Waals surface area contributed by atoms with Gasteiger partial charge in [-0.3, -0.25) is 9.59 Å². The number of nitrogens with zero attached hydrogens (tertiary/aromatic N) is 1. The predicted octanol–water partition coefficient (Wildman–Crippen LogP) is 2.06. The third-order valence-electron chi connectivity index (χ3n) is 4.46. The quantitative estimate of drug-likeness (QED) is 0.777. The number of amides is 2. The van der Waals surface area contributed by atoms with Crippen LogP contribution < -0.4 is 10.6 Å². The highest BCUT2D eigenvalue weighted by molar-refractivity contribution is 5.86. The van der Waals surface area contributed by atoms with E-state index in [0.717, 1.165) is 25.2 Å². The van der Waals surface area contributed by atoms with Crippen molar-refractivity contribution in [2.75, 3.05) is 26.7 Å².